The van der Waals surface area contributed by atoms with Gasteiger partial charge in [0.1, 0.15) is 13.2 Å². The first-order valence-corrected chi connectivity index (χ1v) is 27.2. The maximum absolute atomic E-state index is 12.8. The first-order valence-electron chi connectivity index (χ1n) is 27.2. The molecular weight excluding hydrogens is 817 g/mol. The van der Waals surface area contributed by atoms with Crippen molar-refractivity contribution in [2.75, 3.05) is 13.2 Å². The molecule has 0 rings (SSSR count). The number of ether oxygens (including phenoxy) is 3. The SMILES string of the molecule is CC/C=C\C/C=C\C/C=C\C/C=C\C/C=C\CCCC(=O)OC[C@@H](COC(=O)CCCCCCC/C=C\C/C=C\CCCCC)OC(=O)CCCCCCC/C=C\CCCCCCCCC. The Kier molecular flexibility index (Phi) is 50.9. The molecule has 0 aromatic rings. The second-order valence-electron chi connectivity index (χ2n) is 17.7. The van der Waals surface area contributed by atoms with E-state index in [-0.39, 0.29) is 37.5 Å². The first-order chi connectivity index (χ1) is 32.5. The fourth-order valence-corrected chi connectivity index (χ4v) is 7.21. The van der Waals surface area contributed by atoms with E-state index in [1.54, 1.807) is 0 Å². The summed E-state index contributed by atoms with van der Waals surface area (Å²) in [5.74, 6) is -0.988. The van der Waals surface area contributed by atoms with Crippen LogP contribution in [0.1, 0.15) is 245 Å². The van der Waals surface area contributed by atoms with Crippen molar-refractivity contribution in [3.05, 3.63) is 97.2 Å². The van der Waals surface area contributed by atoms with Crippen LogP contribution >= 0.6 is 0 Å². The van der Waals surface area contributed by atoms with Gasteiger partial charge in [0, 0.05) is 19.3 Å². The third-order valence-corrected chi connectivity index (χ3v) is 11.3. The lowest BCUT2D eigenvalue weighted by atomic mass is 10.1. The summed E-state index contributed by atoms with van der Waals surface area (Å²) in [4.78, 5) is 38.1. The van der Waals surface area contributed by atoms with Crippen LogP contribution in [0.25, 0.3) is 0 Å². The van der Waals surface area contributed by atoms with Crippen molar-refractivity contribution in [2.24, 2.45) is 0 Å². The minimum Gasteiger partial charge on any atom is -0.462 e. The third kappa shape index (κ3) is 51.3. The van der Waals surface area contributed by atoms with Gasteiger partial charge in [-0.05, 0) is 116 Å². The zero-order chi connectivity index (χ0) is 47.9. The minimum atomic E-state index is -0.811. The molecule has 0 amide bonds. The molecule has 0 unspecified atom stereocenters. The number of carbonyl (C=O) groups is 3. The molecule has 0 N–H and O–H groups in total. The Hall–Kier alpha value is -3.67. The molecule has 376 valence electrons. The Bertz CT molecular complexity index is 1330. The molecular formula is C60H100O6. The zero-order valence-corrected chi connectivity index (χ0v) is 42.9. The van der Waals surface area contributed by atoms with Gasteiger partial charge < -0.3 is 14.2 Å². The summed E-state index contributed by atoms with van der Waals surface area (Å²) >= 11 is 0. The lowest BCUT2D eigenvalue weighted by Crippen LogP contribution is -2.30. The lowest BCUT2D eigenvalue weighted by Gasteiger charge is -2.18. The average molecular weight is 917 g/mol. The molecule has 0 saturated carbocycles. The number of unbranched alkanes of at least 4 members (excludes halogenated alkanes) is 21. The predicted molar refractivity (Wildman–Crippen MR) is 284 cm³/mol. The number of rotatable bonds is 48. The van der Waals surface area contributed by atoms with Crippen molar-refractivity contribution < 1.29 is 28.6 Å². The van der Waals surface area contributed by atoms with E-state index in [1.807, 2.05) is 0 Å². The maximum atomic E-state index is 12.8. The quantitative estimate of drug-likeness (QED) is 0.0262. The standard InChI is InChI=1S/C60H100O6/c1-4-7-10-13-16-19-22-25-28-30-33-35-38-41-44-47-50-53-59(62)65-56-57(55-64-58(61)52-49-46-43-40-37-34-31-27-24-21-18-15-12-9-6-3)66-60(63)54-51-48-45-42-39-36-32-29-26-23-20-17-14-11-8-5-2/h7,10,16,18-19,21,25,27-29,31-33,35,41,44,57H,4-6,8-9,11-15,17,20,22-24,26,30,34,36-40,42-43,45-56H2,1-3H3/b10-7-,19-16-,21-18-,28-25-,31-27-,32-29-,35-33-,44-41-/t57-/m1/s1. The van der Waals surface area contributed by atoms with E-state index in [0.717, 1.165) is 116 Å². The van der Waals surface area contributed by atoms with Crippen LogP contribution in [-0.4, -0.2) is 37.2 Å². The number of allylic oxidation sites excluding steroid dienone is 16. The summed E-state index contributed by atoms with van der Waals surface area (Å²) in [6.45, 7) is 6.43. The molecule has 0 heterocycles. The molecule has 0 saturated heterocycles. The van der Waals surface area contributed by atoms with Crippen molar-refractivity contribution in [3.63, 3.8) is 0 Å². The summed E-state index contributed by atoms with van der Waals surface area (Å²) in [6, 6.07) is 0. The Morgan fingerprint density at radius 3 is 1.03 bits per heavy atom. The molecule has 66 heavy (non-hydrogen) atoms. The number of esters is 3. The Morgan fingerprint density at radius 2 is 0.606 bits per heavy atom. The highest BCUT2D eigenvalue weighted by atomic mass is 16.6. The smallest absolute Gasteiger partial charge is 0.306 e. The van der Waals surface area contributed by atoms with Gasteiger partial charge in [-0.2, -0.15) is 0 Å². The highest BCUT2D eigenvalue weighted by Crippen LogP contribution is 2.13. The zero-order valence-electron chi connectivity index (χ0n) is 42.9. The lowest BCUT2D eigenvalue weighted by molar-refractivity contribution is -0.167. The van der Waals surface area contributed by atoms with Crippen LogP contribution in [0, 0.1) is 0 Å². The summed E-state index contributed by atoms with van der Waals surface area (Å²) in [5.41, 5.74) is 0. The van der Waals surface area contributed by atoms with Crippen LogP contribution in [0.2, 0.25) is 0 Å². The van der Waals surface area contributed by atoms with Crippen LogP contribution in [0.3, 0.4) is 0 Å². The van der Waals surface area contributed by atoms with Crippen molar-refractivity contribution in [3.8, 4) is 0 Å². The van der Waals surface area contributed by atoms with Gasteiger partial charge in [0.15, 0.2) is 6.10 Å². The van der Waals surface area contributed by atoms with E-state index in [2.05, 4.69) is 118 Å². The summed E-state index contributed by atoms with van der Waals surface area (Å²) in [7, 11) is 0. The van der Waals surface area contributed by atoms with Gasteiger partial charge in [0.2, 0.25) is 0 Å². The highest BCUT2D eigenvalue weighted by Gasteiger charge is 2.19. The van der Waals surface area contributed by atoms with E-state index < -0.39 is 6.10 Å². The number of carbonyl (C=O) groups excluding carboxylic acids is 3. The summed E-state index contributed by atoms with van der Waals surface area (Å²) in [5, 5.41) is 0. The molecule has 0 bridgehead atoms. The van der Waals surface area contributed by atoms with E-state index in [9.17, 15) is 14.4 Å². The van der Waals surface area contributed by atoms with Gasteiger partial charge in [0.05, 0.1) is 0 Å². The van der Waals surface area contributed by atoms with Gasteiger partial charge in [0.25, 0.3) is 0 Å². The second kappa shape index (κ2) is 53.9. The molecule has 0 aliphatic heterocycles. The van der Waals surface area contributed by atoms with E-state index in [0.29, 0.717) is 19.3 Å². The van der Waals surface area contributed by atoms with Crippen LogP contribution in [0.4, 0.5) is 0 Å². The molecule has 6 nitrogen and oxygen atoms in total. The van der Waals surface area contributed by atoms with Gasteiger partial charge in [-0.3, -0.25) is 14.4 Å². The Labute approximate surface area is 407 Å². The van der Waals surface area contributed by atoms with Crippen molar-refractivity contribution >= 4 is 17.9 Å². The summed E-state index contributed by atoms with van der Waals surface area (Å²) in [6.07, 6.45) is 71.1. The van der Waals surface area contributed by atoms with Gasteiger partial charge in [-0.25, -0.2) is 0 Å². The van der Waals surface area contributed by atoms with Gasteiger partial charge in [-0.15, -0.1) is 0 Å². The van der Waals surface area contributed by atoms with Crippen LogP contribution in [0.5, 0.6) is 0 Å². The van der Waals surface area contributed by atoms with Crippen molar-refractivity contribution in [1.82, 2.24) is 0 Å². The Morgan fingerprint density at radius 1 is 0.318 bits per heavy atom. The monoisotopic (exact) mass is 917 g/mol. The number of hydrogen-bond donors (Lipinski definition) is 0. The molecule has 0 spiro atoms. The van der Waals surface area contributed by atoms with Gasteiger partial charge in [-0.1, -0.05) is 208 Å². The molecule has 6 heteroatoms. The van der Waals surface area contributed by atoms with E-state index >= 15 is 0 Å². The fourth-order valence-electron chi connectivity index (χ4n) is 7.21. The minimum absolute atomic E-state index is 0.107. The second-order valence-corrected chi connectivity index (χ2v) is 17.7. The van der Waals surface area contributed by atoms with Crippen molar-refractivity contribution in [1.29, 1.82) is 0 Å². The summed E-state index contributed by atoms with van der Waals surface area (Å²) < 4.78 is 16.8. The topological polar surface area (TPSA) is 78.9 Å². The highest BCUT2D eigenvalue weighted by molar-refractivity contribution is 5.71. The normalized spacial score (nSPS) is 12.8. The van der Waals surface area contributed by atoms with Crippen LogP contribution < -0.4 is 0 Å². The maximum Gasteiger partial charge on any atom is 0.306 e. The molecule has 0 aromatic heterocycles. The van der Waals surface area contributed by atoms with Gasteiger partial charge >= 0.3 is 17.9 Å². The van der Waals surface area contributed by atoms with Crippen molar-refractivity contribution in [2.45, 2.75) is 252 Å². The Balaban J connectivity index is 4.52. The molecule has 0 aliphatic rings. The van der Waals surface area contributed by atoms with Crippen LogP contribution in [-0.2, 0) is 28.6 Å². The molecule has 1 atom stereocenters. The van der Waals surface area contributed by atoms with E-state index in [1.165, 1.54) is 83.5 Å². The predicted octanol–water partition coefficient (Wildman–Crippen LogP) is 18.1. The molecule has 0 radical (unpaired) electrons. The largest absolute Gasteiger partial charge is 0.462 e. The molecule has 0 fully saturated rings. The molecule has 0 aromatic carbocycles. The van der Waals surface area contributed by atoms with Crippen LogP contribution in [0.15, 0.2) is 97.2 Å². The average Bonchev–Trinajstić information content (AvgIpc) is 3.31. The van der Waals surface area contributed by atoms with E-state index in [4.69, 9.17) is 14.2 Å². The fraction of sp³-hybridized carbons (Fsp3) is 0.683. The third-order valence-electron chi connectivity index (χ3n) is 11.3. The first kappa shape index (κ1) is 62.3. The molecule has 0 aliphatic carbocycles. The number of hydrogen-bond acceptors (Lipinski definition) is 6.